The molecule has 0 aliphatic heterocycles. The quantitative estimate of drug-likeness (QED) is 0.791. The number of ketones is 1. The Balaban J connectivity index is 2.24. The fourth-order valence-electron chi connectivity index (χ4n) is 1.48. The van der Waals surface area contributed by atoms with Gasteiger partial charge < -0.3 is 11.1 Å². The third-order valence-corrected chi connectivity index (χ3v) is 2.33. The molecule has 2 rings (SSSR count). The Bertz CT molecular complexity index is 552. The Morgan fingerprint density at radius 3 is 2.82 bits per heavy atom. The number of benzene rings is 1. The van der Waals surface area contributed by atoms with Crippen LogP contribution in [0.4, 0.5) is 17.2 Å². The second-order valence-electron chi connectivity index (χ2n) is 3.74. The highest BCUT2D eigenvalue weighted by molar-refractivity contribution is 5.95. The summed E-state index contributed by atoms with van der Waals surface area (Å²) in [7, 11) is 0. The van der Waals surface area contributed by atoms with Gasteiger partial charge in [0.05, 0.1) is 0 Å². The number of nitrogens with zero attached hydrogens (tertiary/aromatic N) is 1. The van der Waals surface area contributed by atoms with Crippen LogP contribution in [0.25, 0.3) is 0 Å². The highest BCUT2D eigenvalue weighted by Gasteiger charge is 2.01. The molecule has 4 nitrogen and oxygen atoms in total. The standard InChI is InChI=1S/C13H13N3O/c1-9(17)10-3-2-4-12(7-10)16-13-8-11(14)5-6-15-13/h2-8H,1H3,(H3,14,15,16). The number of carbonyl (C=O) groups excluding carboxylic acids is 1. The molecule has 17 heavy (non-hydrogen) atoms. The lowest BCUT2D eigenvalue weighted by atomic mass is 10.1. The maximum absolute atomic E-state index is 11.2. The van der Waals surface area contributed by atoms with E-state index >= 15 is 0 Å². The van der Waals surface area contributed by atoms with E-state index in [0.717, 1.165) is 5.69 Å². The summed E-state index contributed by atoms with van der Waals surface area (Å²) in [6.07, 6.45) is 1.63. The number of anilines is 3. The van der Waals surface area contributed by atoms with Crippen molar-refractivity contribution in [1.29, 1.82) is 0 Å². The zero-order valence-electron chi connectivity index (χ0n) is 9.47. The second kappa shape index (κ2) is 4.65. The molecule has 1 aromatic carbocycles. The zero-order valence-corrected chi connectivity index (χ0v) is 9.47. The van der Waals surface area contributed by atoms with Crippen molar-refractivity contribution < 1.29 is 4.79 Å². The maximum Gasteiger partial charge on any atom is 0.159 e. The van der Waals surface area contributed by atoms with E-state index in [-0.39, 0.29) is 5.78 Å². The van der Waals surface area contributed by atoms with Crippen molar-refractivity contribution in [2.45, 2.75) is 6.92 Å². The van der Waals surface area contributed by atoms with Crippen LogP contribution in [0.15, 0.2) is 42.6 Å². The summed E-state index contributed by atoms with van der Waals surface area (Å²) in [5.41, 5.74) is 7.78. The number of hydrogen-bond acceptors (Lipinski definition) is 4. The molecular weight excluding hydrogens is 214 g/mol. The topological polar surface area (TPSA) is 68.0 Å². The van der Waals surface area contributed by atoms with Crippen LogP contribution in [0.3, 0.4) is 0 Å². The SMILES string of the molecule is CC(=O)c1cccc(Nc2cc(N)ccn2)c1. The Kier molecular flexibility index (Phi) is 3.05. The van der Waals surface area contributed by atoms with Gasteiger partial charge in [0.1, 0.15) is 5.82 Å². The van der Waals surface area contributed by atoms with Gasteiger partial charge in [0.2, 0.25) is 0 Å². The first-order valence-corrected chi connectivity index (χ1v) is 5.25. The molecule has 0 saturated carbocycles. The monoisotopic (exact) mass is 227 g/mol. The van der Waals surface area contributed by atoms with Gasteiger partial charge in [0.15, 0.2) is 5.78 Å². The number of hydrogen-bond donors (Lipinski definition) is 2. The average molecular weight is 227 g/mol. The zero-order chi connectivity index (χ0) is 12.3. The minimum absolute atomic E-state index is 0.0363. The van der Waals surface area contributed by atoms with Crippen LogP contribution in [0.1, 0.15) is 17.3 Å². The van der Waals surface area contributed by atoms with Crippen molar-refractivity contribution in [3.63, 3.8) is 0 Å². The average Bonchev–Trinajstić information content (AvgIpc) is 2.29. The predicted molar refractivity (Wildman–Crippen MR) is 68.4 cm³/mol. The largest absolute Gasteiger partial charge is 0.399 e. The normalized spacial score (nSPS) is 9.94. The molecule has 0 bridgehead atoms. The van der Waals surface area contributed by atoms with Crippen LogP contribution >= 0.6 is 0 Å². The van der Waals surface area contributed by atoms with Crippen molar-refractivity contribution in [3.05, 3.63) is 48.2 Å². The number of nitrogens with one attached hydrogen (secondary N) is 1. The maximum atomic E-state index is 11.2. The van der Waals surface area contributed by atoms with Gasteiger partial charge in [0.25, 0.3) is 0 Å². The molecule has 0 saturated heterocycles. The summed E-state index contributed by atoms with van der Waals surface area (Å²) < 4.78 is 0. The van der Waals surface area contributed by atoms with Crippen molar-refractivity contribution in [2.75, 3.05) is 11.1 Å². The van der Waals surface area contributed by atoms with Crippen LogP contribution in [0, 0.1) is 0 Å². The number of nitrogen functional groups attached to an aromatic ring is 1. The first kappa shape index (κ1) is 11.1. The van der Waals surface area contributed by atoms with Crippen LogP contribution < -0.4 is 11.1 Å². The minimum atomic E-state index is 0.0363. The highest BCUT2D eigenvalue weighted by Crippen LogP contribution is 2.17. The lowest BCUT2D eigenvalue weighted by molar-refractivity contribution is 0.101. The van der Waals surface area contributed by atoms with Gasteiger partial charge in [-0.05, 0) is 25.1 Å². The predicted octanol–water partition coefficient (Wildman–Crippen LogP) is 2.61. The number of aromatic nitrogens is 1. The van der Waals surface area contributed by atoms with Gasteiger partial charge in [0, 0.05) is 29.2 Å². The first-order valence-electron chi connectivity index (χ1n) is 5.25. The Morgan fingerprint density at radius 1 is 1.29 bits per heavy atom. The highest BCUT2D eigenvalue weighted by atomic mass is 16.1. The van der Waals surface area contributed by atoms with Gasteiger partial charge in [-0.1, -0.05) is 12.1 Å². The Morgan fingerprint density at radius 2 is 2.12 bits per heavy atom. The molecule has 1 heterocycles. The molecule has 0 atom stereocenters. The molecule has 3 N–H and O–H groups in total. The number of carbonyl (C=O) groups is 1. The molecule has 1 aromatic heterocycles. The van der Waals surface area contributed by atoms with Crippen molar-refractivity contribution in [3.8, 4) is 0 Å². The molecule has 0 amide bonds. The molecule has 0 aliphatic carbocycles. The van der Waals surface area contributed by atoms with Crippen molar-refractivity contribution in [1.82, 2.24) is 4.98 Å². The Hall–Kier alpha value is -2.36. The molecule has 0 aliphatic rings. The summed E-state index contributed by atoms with van der Waals surface area (Å²) >= 11 is 0. The summed E-state index contributed by atoms with van der Waals surface area (Å²) in [5, 5.41) is 3.10. The third kappa shape index (κ3) is 2.81. The van der Waals surface area contributed by atoms with Crippen LogP contribution in [-0.2, 0) is 0 Å². The molecule has 0 unspecified atom stereocenters. The second-order valence-corrected chi connectivity index (χ2v) is 3.74. The Labute approximate surface area is 99.5 Å². The summed E-state index contributed by atoms with van der Waals surface area (Å²) in [5.74, 6) is 0.694. The van der Waals surface area contributed by atoms with E-state index in [2.05, 4.69) is 10.3 Å². The van der Waals surface area contributed by atoms with Crippen LogP contribution in [0.2, 0.25) is 0 Å². The lowest BCUT2D eigenvalue weighted by Crippen LogP contribution is -1.97. The van der Waals surface area contributed by atoms with Gasteiger partial charge in [-0.15, -0.1) is 0 Å². The molecule has 4 heteroatoms. The van der Waals surface area contributed by atoms with Crippen LogP contribution in [-0.4, -0.2) is 10.8 Å². The smallest absolute Gasteiger partial charge is 0.159 e. The molecular formula is C13H13N3O. The van der Waals surface area contributed by atoms with Crippen molar-refractivity contribution in [2.24, 2.45) is 0 Å². The van der Waals surface area contributed by atoms with E-state index < -0.39 is 0 Å². The van der Waals surface area contributed by atoms with E-state index in [0.29, 0.717) is 17.1 Å². The van der Waals surface area contributed by atoms with Gasteiger partial charge in [-0.3, -0.25) is 4.79 Å². The molecule has 0 spiro atoms. The van der Waals surface area contributed by atoms with Crippen LogP contribution in [0.5, 0.6) is 0 Å². The summed E-state index contributed by atoms with van der Waals surface area (Å²) in [4.78, 5) is 15.4. The van der Waals surface area contributed by atoms with E-state index in [1.807, 2.05) is 12.1 Å². The number of rotatable bonds is 3. The van der Waals surface area contributed by atoms with Crippen molar-refractivity contribution >= 4 is 23.0 Å². The molecule has 0 radical (unpaired) electrons. The first-order chi connectivity index (χ1) is 8.15. The fraction of sp³-hybridized carbons (Fsp3) is 0.0769. The minimum Gasteiger partial charge on any atom is -0.399 e. The van der Waals surface area contributed by atoms with E-state index in [9.17, 15) is 4.79 Å². The van der Waals surface area contributed by atoms with Gasteiger partial charge in [-0.25, -0.2) is 4.98 Å². The van der Waals surface area contributed by atoms with Gasteiger partial charge in [-0.2, -0.15) is 0 Å². The van der Waals surface area contributed by atoms with Gasteiger partial charge >= 0.3 is 0 Å². The summed E-state index contributed by atoms with van der Waals surface area (Å²) in [6.45, 7) is 1.54. The van der Waals surface area contributed by atoms with E-state index in [1.54, 1.807) is 30.5 Å². The van der Waals surface area contributed by atoms with E-state index in [1.165, 1.54) is 6.92 Å². The van der Waals surface area contributed by atoms with E-state index in [4.69, 9.17) is 5.73 Å². The third-order valence-electron chi connectivity index (χ3n) is 2.33. The summed E-state index contributed by atoms with van der Waals surface area (Å²) in [6, 6.07) is 10.7. The number of Topliss-reactive ketones (excluding diaryl/α,β-unsaturated/α-hetero) is 1. The number of nitrogens with two attached hydrogens (primary N) is 1. The lowest BCUT2D eigenvalue weighted by Gasteiger charge is -2.06. The fourth-order valence-corrected chi connectivity index (χ4v) is 1.48. The number of pyridine rings is 1. The molecule has 86 valence electrons. The molecule has 0 fully saturated rings. The molecule has 2 aromatic rings.